The van der Waals surface area contributed by atoms with Gasteiger partial charge in [-0.05, 0) is 30.0 Å². The van der Waals surface area contributed by atoms with Crippen molar-refractivity contribution in [1.29, 1.82) is 0 Å². The smallest absolute Gasteiger partial charge is 0.254 e. The number of amides is 1. The fraction of sp³-hybridized carbons (Fsp3) is 0.462. The molecule has 1 rings (SSSR count). The Morgan fingerprint density at radius 3 is 2.45 bits per heavy atom. The molecule has 0 atom stereocenters. The molecule has 1 aromatic carbocycles. The number of carbonyl (C=O) groups excluding carboxylic acids is 1. The molecule has 0 fully saturated rings. The molecular weight excluding hydrogens is 283 g/mol. The summed E-state index contributed by atoms with van der Waals surface area (Å²) < 4.78 is 35.9. The highest BCUT2D eigenvalue weighted by atomic mass is 32.2. The molecule has 0 unspecified atom stereocenters. The summed E-state index contributed by atoms with van der Waals surface area (Å²) in [5, 5.41) is 7.51. The number of hydrogen-bond donors (Lipinski definition) is 2. The Balaban J connectivity index is 2.88. The lowest BCUT2D eigenvalue weighted by molar-refractivity contribution is 0.0945. The van der Waals surface area contributed by atoms with Gasteiger partial charge >= 0.3 is 0 Å². The van der Waals surface area contributed by atoms with Gasteiger partial charge in [0.1, 0.15) is 5.82 Å². The van der Waals surface area contributed by atoms with Crippen molar-refractivity contribution in [2.75, 3.05) is 6.54 Å². The molecule has 1 aromatic rings. The Morgan fingerprint density at radius 2 is 1.95 bits per heavy atom. The summed E-state index contributed by atoms with van der Waals surface area (Å²) in [6, 6.07) is 2.88. The molecule has 0 aliphatic heterocycles. The van der Waals surface area contributed by atoms with Crippen molar-refractivity contribution >= 4 is 15.9 Å². The lowest BCUT2D eigenvalue weighted by Crippen LogP contribution is -2.28. The highest BCUT2D eigenvalue weighted by Gasteiger charge is 2.17. The van der Waals surface area contributed by atoms with Crippen molar-refractivity contribution in [3.63, 3.8) is 0 Å². The van der Waals surface area contributed by atoms with E-state index in [2.05, 4.69) is 5.32 Å². The summed E-state index contributed by atoms with van der Waals surface area (Å²) in [5.74, 6) is -1.44. The zero-order chi connectivity index (χ0) is 15.6. The molecule has 3 N–H and O–H groups in total. The van der Waals surface area contributed by atoms with E-state index in [0.717, 1.165) is 24.6 Å². The molecule has 0 heterocycles. The highest BCUT2D eigenvalue weighted by Crippen LogP contribution is 2.18. The number of hydrogen-bond acceptors (Lipinski definition) is 3. The molecule has 0 bridgehead atoms. The summed E-state index contributed by atoms with van der Waals surface area (Å²) in [7, 11) is -3.97. The van der Waals surface area contributed by atoms with Crippen LogP contribution in [0.2, 0.25) is 0 Å². The van der Waals surface area contributed by atoms with E-state index in [1.54, 1.807) is 0 Å². The van der Waals surface area contributed by atoms with Crippen LogP contribution in [-0.4, -0.2) is 20.9 Å². The number of carbonyl (C=O) groups is 1. The number of benzene rings is 1. The SMILES string of the molecule is CC(C)(C)CCNC(=O)c1cc(S(N)(=O)=O)ccc1F. The first kappa shape index (κ1) is 16.6. The molecule has 0 aliphatic rings. The van der Waals surface area contributed by atoms with Gasteiger partial charge in [0.25, 0.3) is 5.91 Å². The number of sulfonamides is 1. The molecule has 0 aliphatic carbocycles. The molecule has 7 heteroatoms. The Kier molecular flexibility index (Phi) is 4.88. The summed E-state index contributed by atoms with van der Waals surface area (Å²) >= 11 is 0. The average molecular weight is 302 g/mol. The molecule has 0 spiro atoms. The Bertz CT molecular complexity index is 607. The van der Waals surface area contributed by atoms with E-state index in [1.807, 2.05) is 20.8 Å². The van der Waals surface area contributed by atoms with Gasteiger partial charge in [-0.25, -0.2) is 17.9 Å². The van der Waals surface area contributed by atoms with Gasteiger partial charge in [0, 0.05) is 6.54 Å². The van der Waals surface area contributed by atoms with Crippen molar-refractivity contribution in [3.05, 3.63) is 29.6 Å². The van der Waals surface area contributed by atoms with E-state index < -0.39 is 21.7 Å². The Morgan fingerprint density at radius 1 is 1.35 bits per heavy atom. The van der Waals surface area contributed by atoms with Gasteiger partial charge in [0.15, 0.2) is 0 Å². The first-order valence-corrected chi connectivity index (χ1v) is 7.66. The van der Waals surface area contributed by atoms with E-state index in [-0.39, 0.29) is 15.9 Å². The lowest BCUT2D eigenvalue weighted by Gasteiger charge is -2.18. The second kappa shape index (κ2) is 5.88. The number of primary sulfonamides is 1. The van der Waals surface area contributed by atoms with Crippen molar-refractivity contribution in [3.8, 4) is 0 Å². The van der Waals surface area contributed by atoms with Crippen LogP contribution in [0, 0.1) is 11.2 Å². The van der Waals surface area contributed by atoms with Gasteiger partial charge in [0.2, 0.25) is 10.0 Å². The van der Waals surface area contributed by atoms with Crippen LogP contribution in [0.1, 0.15) is 37.6 Å². The maximum Gasteiger partial charge on any atom is 0.254 e. The van der Waals surface area contributed by atoms with Crippen LogP contribution in [0.5, 0.6) is 0 Å². The number of halogens is 1. The van der Waals surface area contributed by atoms with Crippen molar-refractivity contribution in [2.24, 2.45) is 10.6 Å². The first-order chi connectivity index (χ1) is 9.00. The maximum absolute atomic E-state index is 13.6. The summed E-state index contributed by atoms with van der Waals surface area (Å²) in [6.07, 6.45) is 0.717. The third kappa shape index (κ3) is 4.90. The van der Waals surface area contributed by atoms with Gasteiger partial charge in [-0.1, -0.05) is 20.8 Å². The minimum Gasteiger partial charge on any atom is -0.352 e. The molecular formula is C13H19FN2O3S. The lowest BCUT2D eigenvalue weighted by atomic mass is 9.92. The first-order valence-electron chi connectivity index (χ1n) is 6.11. The van der Waals surface area contributed by atoms with E-state index >= 15 is 0 Å². The number of nitrogens with one attached hydrogen (secondary N) is 1. The van der Waals surface area contributed by atoms with Crippen LogP contribution >= 0.6 is 0 Å². The molecule has 20 heavy (non-hydrogen) atoms. The normalized spacial score (nSPS) is 12.2. The predicted octanol–water partition coefficient (Wildman–Crippen LogP) is 1.64. The fourth-order valence-electron chi connectivity index (χ4n) is 1.50. The third-order valence-electron chi connectivity index (χ3n) is 2.67. The van der Waals surface area contributed by atoms with Crippen LogP contribution in [0.25, 0.3) is 0 Å². The van der Waals surface area contributed by atoms with Crippen molar-refractivity contribution < 1.29 is 17.6 Å². The number of nitrogens with two attached hydrogens (primary N) is 1. The molecule has 0 saturated carbocycles. The van der Waals surface area contributed by atoms with Crippen molar-refractivity contribution in [1.82, 2.24) is 5.32 Å². The number of rotatable bonds is 4. The van der Waals surface area contributed by atoms with E-state index in [0.29, 0.717) is 6.54 Å². The standard InChI is InChI=1S/C13H19FN2O3S/c1-13(2,3)6-7-16-12(17)10-8-9(20(15,18)19)4-5-11(10)14/h4-5,8H,6-7H2,1-3H3,(H,16,17)(H2,15,18,19). The van der Waals surface area contributed by atoms with E-state index in [1.165, 1.54) is 0 Å². The van der Waals surface area contributed by atoms with E-state index in [9.17, 15) is 17.6 Å². The Hall–Kier alpha value is -1.47. The minimum absolute atomic E-state index is 0.0360. The molecule has 112 valence electrons. The summed E-state index contributed by atoms with van der Waals surface area (Å²) in [4.78, 5) is 11.6. The largest absolute Gasteiger partial charge is 0.352 e. The third-order valence-corrected chi connectivity index (χ3v) is 3.58. The van der Waals surface area contributed by atoms with Crippen molar-refractivity contribution in [2.45, 2.75) is 32.1 Å². The van der Waals surface area contributed by atoms with Crippen LogP contribution in [-0.2, 0) is 10.0 Å². The van der Waals surface area contributed by atoms with Gasteiger partial charge in [-0.2, -0.15) is 0 Å². The van der Waals surface area contributed by atoms with Gasteiger partial charge in [-0.3, -0.25) is 4.79 Å². The van der Waals surface area contributed by atoms with Gasteiger partial charge in [-0.15, -0.1) is 0 Å². The molecule has 5 nitrogen and oxygen atoms in total. The molecule has 0 aromatic heterocycles. The topological polar surface area (TPSA) is 89.3 Å². The van der Waals surface area contributed by atoms with Crippen LogP contribution in [0.15, 0.2) is 23.1 Å². The average Bonchev–Trinajstić information content (AvgIpc) is 2.25. The fourth-order valence-corrected chi connectivity index (χ4v) is 2.04. The Labute approximate surface area is 118 Å². The molecule has 1 amide bonds. The van der Waals surface area contributed by atoms with E-state index in [4.69, 9.17) is 5.14 Å². The predicted molar refractivity (Wildman–Crippen MR) is 74.2 cm³/mol. The minimum atomic E-state index is -3.97. The second-order valence-corrected chi connectivity index (χ2v) is 7.31. The van der Waals surface area contributed by atoms with Crippen LogP contribution < -0.4 is 10.5 Å². The maximum atomic E-state index is 13.6. The zero-order valence-electron chi connectivity index (χ0n) is 11.7. The highest BCUT2D eigenvalue weighted by molar-refractivity contribution is 7.89. The summed E-state index contributed by atoms with van der Waals surface area (Å²) in [6.45, 7) is 6.42. The molecule has 0 saturated heterocycles. The zero-order valence-corrected chi connectivity index (χ0v) is 12.6. The monoisotopic (exact) mass is 302 g/mol. The van der Waals surface area contributed by atoms with Gasteiger partial charge in [0.05, 0.1) is 10.5 Å². The van der Waals surface area contributed by atoms with Gasteiger partial charge < -0.3 is 5.32 Å². The second-order valence-electron chi connectivity index (χ2n) is 5.75. The van der Waals surface area contributed by atoms with Crippen LogP contribution in [0.3, 0.4) is 0 Å². The summed E-state index contributed by atoms with van der Waals surface area (Å²) in [5.41, 5.74) is -0.292. The van der Waals surface area contributed by atoms with Crippen LogP contribution in [0.4, 0.5) is 4.39 Å². The quantitative estimate of drug-likeness (QED) is 0.886. The molecule has 0 radical (unpaired) electrons.